The number of rotatable bonds is 3. The lowest BCUT2D eigenvalue weighted by Gasteiger charge is -2.59. The molecule has 0 aromatic heterocycles. The Morgan fingerprint density at radius 2 is 1.47 bits per heavy atom. The predicted molar refractivity (Wildman–Crippen MR) is 80.0 cm³/mol. The summed E-state index contributed by atoms with van der Waals surface area (Å²) < 4.78 is 0. The third-order valence-electron chi connectivity index (χ3n) is 6.14. The van der Waals surface area contributed by atoms with Crippen molar-refractivity contribution >= 4 is 0 Å². The summed E-state index contributed by atoms with van der Waals surface area (Å²) in [4.78, 5) is 0. The van der Waals surface area contributed by atoms with E-state index in [-0.39, 0.29) is 0 Å². The fraction of sp³-hybridized carbons (Fsp3) is 0.579. The van der Waals surface area contributed by atoms with E-state index in [0.717, 1.165) is 17.8 Å². The third-order valence-corrected chi connectivity index (χ3v) is 6.14. The molecular formula is C19H24. The molecule has 1 aromatic carbocycles. The smallest absolute Gasteiger partial charge is 0.00721 e. The molecule has 0 saturated heterocycles. The fourth-order valence-electron chi connectivity index (χ4n) is 5.96. The van der Waals surface area contributed by atoms with Crippen molar-refractivity contribution in [1.82, 2.24) is 0 Å². The van der Waals surface area contributed by atoms with Crippen LogP contribution in [0, 0.1) is 23.2 Å². The average Bonchev–Trinajstić information content (AvgIpc) is 2.38. The van der Waals surface area contributed by atoms with Crippen molar-refractivity contribution in [2.24, 2.45) is 23.2 Å². The van der Waals surface area contributed by atoms with E-state index in [1.165, 1.54) is 44.1 Å². The van der Waals surface area contributed by atoms with Gasteiger partial charge < -0.3 is 0 Å². The van der Waals surface area contributed by atoms with Gasteiger partial charge in [-0.05, 0) is 67.3 Å². The first-order chi connectivity index (χ1) is 9.29. The van der Waals surface area contributed by atoms with Crippen LogP contribution < -0.4 is 0 Å². The molecule has 0 spiro atoms. The molecular weight excluding hydrogens is 228 g/mol. The van der Waals surface area contributed by atoms with Crippen molar-refractivity contribution < 1.29 is 0 Å². The topological polar surface area (TPSA) is 0 Å². The lowest BCUT2D eigenvalue weighted by Crippen LogP contribution is -2.48. The Morgan fingerprint density at radius 3 is 1.95 bits per heavy atom. The summed E-state index contributed by atoms with van der Waals surface area (Å²) in [6, 6.07) is 11.1. The van der Waals surface area contributed by atoms with Gasteiger partial charge in [-0.2, -0.15) is 0 Å². The van der Waals surface area contributed by atoms with Gasteiger partial charge in [-0.3, -0.25) is 0 Å². The maximum absolute atomic E-state index is 4.19. The summed E-state index contributed by atoms with van der Waals surface area (Å²) >= 11 is 0. The van der Waals surface area contributed by atoms with Gasteiger partial charge in [0.05, 0.1) is 0 Å². The Hall–Kier alpha value is -1.04. The summed E-state index contributed by atoms with van der Waals surface area (Å²) in [5.41, 5.74) is 2.05. The van der Waals surface area contributed by atoms with Gasteiger partial charge >= 0.3 is 0 Å². The van der Waals surface area contributed by atoms with E-state index in [9.17, 15) is 0 Å². The second-order valence-electron chi connectivity index (χ2n) is 7.40. The first-order valence-corrected chi connectivity index (χ1v) is 7.96. The highest BCUT2D eigenvalue weighted by atomic mass is 14.6. The largest absolute Gasteiger partial charge is 0.102 e. The molecule has 0 amide bonds. The van der Waals surface area contributed by atoms with E-state index in [4.69, 9.17) is 0 Å². The molecule has 4 aliphatic carbocycles. The Morgan fingerprint density at radius 1 is 0.947 bits per heavy atom. The standard InChI is InChI=1S/C19H24/c1-2-18(17-6-4-3-5-7-17)19-11-14-8-15(12-19)10-16(9-14)13-19/h2-7,14-16,18H,1,8-13H2. The molecule has 0 aliphatic heterocycles. The quantitative estimate of drug-likeness (QED) is 0.651. The second kappa shape index (κ2) is 4.23. The molecule has 0 heteroatoms. The van der Waals surface area contributed by atoms with E-state index < -0.39 is 0 Å². The van der Waals surface area contributed by atoms with Crippen LogP contribution in [0.1, 0.15) is 50.0 Å². The van der Waals surface area contributed by atoms with Crippen LogP contribution in [0.2, 0.25) is 0 Å². The third kappa shape index (κ3) is 1.80. The summed E-state index contributed by atoms with van der Waals surface area (Å²) in [5, 5.41) is 0. The van der Waals surface area contributed by atoms with Crippen molar-refractivity contribution in [3.8, 4) is 0 Å². The molecule has 4 fully saturated rings. The van der Waals surface area contributed by atoms with Crippen LogP contribution >= 0.6 is 0 Å². The molecule has 5 rings (SSSR count). The van der Waals surface area contributed by atoms with Crippen LogP contribution in [0.25, 0.3) is 0 Å². The van der Waals surface area contributed by atoms with E-state index in [2.05, 4.69) is 43.0 Å². The van der Waals surface area contributed by atoms with E-state index in [0.29, 0.717) is 11.3 Å². The normalized spacial score (nSPS) is 41.2. The first-order valence-electron chi connectivity index (χ1n) is 7.96. The van der Waals surface area contributed by atoms with Gasteiger partial charge in [0.2, 0.25) is 0 Å². The van der Waals surface area contributed by atoms with E-state index in [1.54, 1.807) is 0 Å². The highest BCUT2D eigenvalue weighted by Crippen LogP contribution is 2.64. The minimum Gasteiger partial charge on any atom is -0.102 e. The monoisotopic (exact) mass is 252 g/mol. The molecule has 4 saturated carbocycles. The Labute approximate surface area is 116 Å². The van der Waals surface area contributed by atoms with Crippen LogP contribution in [-0.4, -0.2) is 0 Å². The zero-order valence-corrected chi connectivity index (χ0v) is 11.7. The van der Waals surface area contributed by atoms with Crippen LogP contribution in [0.5, 0.6) is 0 Å². The molecule has 0 nitrogen and oxygen atoms in total. The molecule has 1 aromatic rings. The van der Waals surface area contributed by atoms with Crippen molar-refractivity contribution in [2.45, 2.75) is 44.4 Å². The van der Waals surface area contributed by atoms with E-state index >= 15 is 0 Å². The van der Waals surface area contributed by atoms with Gasteiger partial charge in [-0.25, -0.2) is 0 Å². The fourth-order valence-corrected chi connectivity index (χ4v) is 5.96. The first kappa shape index (κ1) is 11.8. The summed E-state index contributed by atoms with van der Waals surface area (Å²) in [7, 11) is 0. The predicted octanol–water partition coefficient (Wildman–Crippen LogP) is 5.17. The van der Waals surface area contributed by atoms with Crippen molar-refractivity contribution in [3.05, 3.63) is 48.6 Å². The number of allylic oxidation sites excluding steroid dienone is 1. The van der Waals surface area contributed by atoms with Gasteiger partial charge in [0.25, 0.3) is 0 Å². The molecule has 1 atom stereocenters. The van der Waals surface area contributed by atoms with Gasteiger partial charge in [0, 0.05) is 5.92 Å². The highest BCUT2D eigenvalue weighted by Gasteiger charge is 2.53. The SMILES string of the molecule is C=CC(c1ccccc1)C12CC3CC(CC(C3)C1)C2. The minimum atomic E-state index is 0.553. The molecule has 1 unspecified atom stereocenters. The number of hydrogen-bond acceptors (Lipinski definition) is 0. The molecule has 19 heavy (non-hydrogen) atoms. The van der Waals surface area contributed by atoms with Crippen LogP contribution in [0.3, 0.4) is 0 Å². The zero-order valence-electron chi connectivity index (χ0n) is 11.7. The van der Waals surface area contributed by atoms with Gasteiger partial charge in [-0.15, -0.1) is 6.58 Å². The number of hydrogen-bond donors (Lipinski definition) is 0. The molecule has 0 radical (unpaired) electrons. The summed E-state index contributed by atoms with van der Waals surface area (Å²) in [5.74, 6) is 3.66. The lowest BCUT2D eigenvalue weighted by molar-refractivity contribution is -0.0606. The molecule has 0 heterocycles. The Bertz CT molecular complexity index is 435. The van der Waals surface area contributed by atoms with Crippen LogP contribution in [0.4, 0.5) is 0 Å². The molecule has 0 N–H and O–H groups in total. The molecule has 4 bridgehead atoms. The Kier molecular flexibility index (Phi) is 2.62. The molecule has 4 aliphatic rings. The highest BCUT2D eigenvalue weighted by molar-refractivity contribution is 5.28. The van der Waals surface area contributed by atoms with Crippen LogP contribution in [0.15, 0.2) is 43.0 Å². The summed E-state index contributed by atoms with van der Waals surface area (Å²) in [6.07, 6.45) is 11.2. The van der Waals surface area contributed by atoms with Gasteiger partial charge in [0.15, 0.2) is 0 Å². The van der Waals surface area contributed by atoms with Gasteiger partial charge in [-0.1, -0.05) is 36.4 Å². The Balaban J connectivity index is 1.72. The second-order valence-corrected chi connectivity index (χ2v) is 7.40. The summed E-state index contributed by atoms with van der Waals surface area (Å²) in [6.45, 7) is 4.19. The van der Waals surface area contributed by atoms with Crippen molar-refractivity contribution in [3.63, 3.8) is 0 Å². The number of benzene rings is 1. The van der Waals surface area contributed by atoms with E-state index in [1.807, 2.05) is 0 Å². The maximum atomic E-state index is 4.19. The lowest BCUT2D eigenvalue weighted by atomic mass is 9.46. The van der Waals surface area contributed by atoms with Crippen LogP contribution in [-0.2, 0) is 0 Å². The zero-order chi connectivity index (χ0) is 12.9. The van der Waals surface area contributed by atoms with Crippen molar-refractivity contribution in [1.29, 1.82) is 0 Å². The van der Waals surface area contributed by atoms with Crippen molar-refractivity contribution in [2.75, 3.05) is 0 Å². The molecule has 100 valence electrons. The average molecular weight is 252 g/mol. The maximum Gasteiger partial charge on any atom is 0.00721 e. The van der Waals surface area contributed by atoms with Gasteiger partial charge in [0.1, 0.15) is 0 Å². The minimum absolute atomic E-state index is 0.553.